The number of methoxy groups -OCH3 is 2. The summed E-state index contributed by atoms with van der Waals surface area (Å²) in [6.07, 6.45) is 1.63. The lowest BCUT2D eigenvalue weighted by Gasteiger charge is -2.15. The van der Waals surface area contributed by atoms with Crippen LogP contribution < -0.4 is 14.2 Å². The minimum atomic E-state index is -3.91. The van der Waals surface area contributed by atoms with Gasteiger partial charge in [0.05, 0.1) is 30.4 Å². The molecule has 0 unspecified atom stereocenters. The number of ether oxygens (including phenoxy) is 2. The molecule has 0 bridgehead atoms. The molecule has 136 valence electrons. The van der Waals surface area contributed by atoms with Crippen LogP contribution >= 0.6 is 11.6 Å². The second kappa shape index (κ2) is 7.01. The maximum Gasteiger partial charge on any atom is 0.264 e. The third kappa shape index (κ3) is 3.40. The Morgan fingerprint density at radius 3 is 2.50 bits per heavy atom. The highest BCUT2D eigenvalue weighted by Gasteiger charge is 2.21. The van der Waals surface area contributed by atoms with E-state index in [0.717, 1.165) is 10.9 Å². The van der Waals surface area contributed by atoms with E-state index >= 15 is 0 Å². The van der Waals surface area contributed by atoms with Gasteiger partial charge in [0.15, 0.2) is 0 Å². The smallest absolute Gasteiger partial charge is 0.264 e. The van der Waals surface area contributed by atoms with Crippen LogP contribution in [0.1, 0.15) is 5.56 Å². The van der Waals surface area contributed by atoms with E-state index in [-0.39, 0.29) is 16.3 Å². The molecule has 0 aliphatic carbocycles. The molecule has 1 aromatic heterocycles. The zero-order valence-electron chi connectivity index (χ0n) is 14.4. The lowest BCUT2D eigenvalue weighted by molar-refractivity contribution is 0.405. The van der Waals surface area contributed by atoms with Crippen molar-refractivity contribution >= 4 is 38.2 Å². The van der Waals surface area contributed by atoms with Crippen molar-refractivity contribution < 1.29 is 17.9 Å². The summed E-state index contributed by atoms with van der Waals surface area (Å²) in [5.74, 6) is 0.611. The van der Waals surface area contributed by atoms with Crippen LogP contribution in [0, 0.1) is 6.92 Å². The number of sulfonamides is 1. The summed E-state index contributed by atoms with van der Waals surface area (Å²) in [5.41, 5.74) is 1.56. The minimum absolute atomic E-state index is 0.0750. The first-order valence-electron chi connectivity index (χ1n) is 7.65. The molecule has 0 saturated carbocycles. The number of hydrogen-bond acceptors (Lipinski definition) is 5. The van der Waals surface area contributed by atoms with Gasteiger partial charge in [0.2, 0.25) is 0 Å². The molecule has 0 spiro atoms. The molecule has 0 fully saturated rings. The number of halogens is 1. The van der Waals surface area contributed by atoms with Crippen molar-refractivity contribution in [1.82, 2.24) is 4.98 Å². The van der Waals surface area contributed by atoms with Crippen LogP contribution in [0.15, 0.2) is 47.5 Å². The van der Waals surface area contributed by atoms with Crippen LogP contribution in [0.2, 0.25) is 5.02 Å². The summed E-state index contributed by atoms with van der Waals surface area (Å²) in [5, 5.41) is 1.06. The number of aryl methyl sites for hydroxylation is 1. The van der Waals surface area contributed by atoms with E-state index in [9.17, 15) is 8.42 Å². The van der Waals surface area contributed by atoms with Gasteiger partial charge in [0.25, 0.3) is 10.0 Å². The monoisotopic (exact) mass is 392 g/mol. The molecule has 6 nitrogen and oxygen atoms in total. The number of rotatable bonds is 5. The Bertz CT molecular complexity index is 1080. The molecular weight excluding hydrogens is 376 g/mol. The highest BCUT2D eigenvalue weighted by molar-refractivity contribution is 7.93. The quantitative estimate of drug-likeness (QED) is 0.709. The van der Waals surface area contributed by atoms with Gasteiger partial charge in [-0.15, -0.1) is 0 Å². The van der Waals surface area contributed by atoms with Crippen molar-refractivity contribution in [3.63, 3.8) is 0 Å². The van der Waals surface area contributed by atoms with Crippen molar-refractivity contribution in [2.75, 3.05) is 18.9 Å². The molecule has 0 saturated heterocycles. The Hall–Kier alpha value is -2.51. The second-order valence-corrected chi connectivity index (χ2v) is 7.69. The van der Waals surface area contributed by atoms with E-state index in [1.54, 1.807) is 12.3 Å². The van der Waals surface area contributed by atoms with E-state index in [2.05, 4.69) is 9.71 Å². The molecule has 0 aliphatic heterocycles. The van der Waals surface area contributed by atoms with Gasteiger partial charge in [-0.1, -0.05) is 23.7 Å². The lowest BCUT2D eigenvalue weighted by atomic mass is 10.2. The Kier molecular flexibility index (Phi) is 4.93. The molecule has 0 atom stereocenters. The molecule has 8 heteroatoms. The molecule has 26 heavy (non-hydrogen) atoms. The predicted molar refractivity (Wildman–Crippen MR) is 102 cm³/mol. The summed E-state index contributed by atoms with van der Waals surface area (Å²) in [4.78, 5) is 4.36. The predicted octanol–water partition coefficient (Wildman–Crippen LogP) is 4.01. The normalized spacial score (nSPS) is 11.4. The van der Waals surface area contributed by atoms with Gasteiger partial charge in [-0.3, -0.25) is 9.71 Å². The number of benzene rings is 2. The summed E-state index contributed by atoms with van der Waals surface area (Å²) in [6, 6.07) is 9.85. The molecule has 1 N–H and O–H groups in total. The van der Waals surface area contributed by atoms with E-state index < -0.39 is 10.0 Å². The maximum absolute atomic E-state index is 13.0. The first kappa shape index (κ1) is 18.3. The van der Waals surface area contributed by atoms with Crippen molar-refractivity contribution in [2.45, 2.75) is 11.8 Å². The fraction of sp³-hybridized carbons (Fsp3) is 0.167. The van der Waals surface area contributed by atoms with Gasteiger partial charge >= 0.3 is 0 Å². The van der Waals surface area contributed by atoms with E-state index in [1.165, 1.54) is 32.4 Å². The third-order valence-corrected chi connectivity index (χ3v) is 5.51. The van der Waals surface area contributed by atoms with Crippen LogP contribution in [0.3, 0.4) is 0 Å². The standard InChI is InChI=1S/C18H17ClN2O4S/c1-11-7-12-5-4-6-17(18(12)20-10-11)26(22,23)21-14-9-15(24-2)13(19)8-16(14)25-3/h4-10,21H,1-3H3. The number of para-hydroxylation sites is 1. The summed E-state index contributed by atoms with van der Waals surface area (Å²) >= 11 is 6.07. The van der Waals surface area contributed by atoms with Gasteiger partial charge in [0.1, 0.15) is 16.4 Å². The van der Waals surface area contributed by atoms with Gasteiger partial charge in [-0.25, -0.2) is 8.42 Å². The molecule has 3 aromatic rings. The van der Waals surface area contributed by atoms with Crippen molar-refractivity contribution in [3.8, 4) is 11.5 Å². The Balaban J connectivity index is 2.11. The number of anilines is 1. The van der Waals surface area contributed by atoms with Crippen LogP contribution in [0.4, 0.5) is 5.69 Å². The zero-order valence-corrected chi connectivity index (χ0v) is 16.0. The summed E-state index contributed by atoms with van der Waals surface area (Å²) in [7, 11) is -1.04. The number of fused-ring (bicyclic) bond motifs is 1. The largest absolute Gasteiger partial charge is 0.495 e. The average Bonchev–Trinajstić information content (AvgIpc) is 2.61. The fourth-order valence-electron chi connectivity index (χ4n) is 2.60. The van der Waals surface area contributed by atoms with Crippen LogP contribution in [-0.4, -0.2) is 27.6 Å². The van der Waals surface area contributed by atoms with E-state index in [4.69, 9.17) is 21.1 Å². The first-order chi connectivity index (χ1) is 12.4. The van der Waals surface area contributed by atoms with Gasteiger partial charge in [0, 0.05) is 23.7 Å². The summed E-state index contributed by atoms with van der Waals surface area (Å²) in [6.45, 7) is 1.90. The molecule has 1 heterocycles. The topological polar surface area (TPSA) is 77.5 Å². The summed E-state index contributed by atoms with van der Waals surface area (Å²) < 4.78 is 38.9. The van der Waals surface area contributed by atoms with Crippen molar-refractivity contribution in [1.29, 1.82) is 0 Å². The molecule has 0 amide bonds. The Labute approximate surface area is 156 Å². The zero-order chi connectivity index (χ0) is 18.9. The van der Waals surface area contributed by atoms with Gasteiger partial charge in [-0.05, 0) is 24.6 Å². The Morgan fingerprint density at radius 2 is 1.81 bits per heavy atom. The number of pyridine rings is 1. The SMILES string of the molecule is COc1cc(NS(=O)(=O)c2cccc3cc(C)cnc23)c(OC)cc1Cl. The highest BCUT2D eigenvalue weighted by atomic mass is 35.5. The van der Waals surface area contributed by atoms with Gasteiger partial charge < -0.3 is 9.47 Å². The number of nitrogens with one attached hydrogen (secondary N) is 1. The van der Waals surface area contributed by atoms with E-state index in [1.807, 2.05) is 19.1 Å². The highest BCUT2D eigenvalue weighted by Crippen LogP contribution is 2.37. The van der Waals surface area contributed by atoms with Crippen molar-refractivity contribution in [2.24, 2.45) is 0 Å². The molecular formula is C18H17ClN2O4S. The maximum atomic E-state index is 13.0. The Morgan fingerprint density at radius 1 is 1.08 bits per heavy atom. The van der Waals surface area contributed by atoms with Crippen LogP contribution in [0.5, 0.6) is 11.5 Å². The minimum Gasteiger partial charge on any atom is -0.495 e. The third-order valence-electron chi connectivity index (χ3n) is 3.82. The lowest BCUT2D eigenvalue weighted by Crippen LogP contribution is -2.14. The number of aromatic nitrogens is 1. The number of nitrogens with zero attached hydrogens (tertiary/aromatic N) is 1. The first-order valence-corrected chi connectivity index (χ1v) is 9.51. The molecule has 3 rings (SSSR count). The molecule has 2 aromatic carbocycles. The molecule has 0 radical (unpaired) electrons. The number of hydrogen-bond donors (Lipinski definition) is 1. The van der Waals surface area contributed by atoms with Crippen LogP contribution in [-0.2, 0) is 10.0 Å². The van der Waals surface area contributed by atoms with Crippen LogP contribution in [0.25, 0.3) is 10.9 Å². The van der Waals surface area contributed by atoms with E-state index in [0.29, 0.717) is 16.3 Å². The second-order valence-electron chi connectivity index (χ2n) is 5.63. The average molecular weight is 393 g/mol. The van der Waals surface area contributed by atoms with Gasteiger partial charge in [-0.2, -0.15) is 0 Å². The fourth-order valence-corrected chi connectivity index (χ4v) is 4.07. The van der Waals surface area contributed by atoms with Crippen molar-refractivity contribution in [3.05, 3.63) is 53.2 Å². The molecule has 0 aliphatic rings.